The number of hydrogen-bond acceptors (Lipinski definition) is 1. The molecule has 0 amide bonds. The molecule has 1 heteroatoms. The monoisotopic (exact) mass is 233 g/mol. The summed E-state index contributed by atoms with van der Waals surface area (Å²) in [7, 11) is 0. The Labute approximate surface area is 107 Å². The third-order valence-electron chi connectivity index (χ3n) is 3.50. The molecule has 2 atom stereocenters. The van der Waals surface area contributed by atoms with E-state index in [-0.39, 0.29) is 0 Å². The van der Waals surface area contributed by atoms with Crippen molar-refractivity contribution in [3.8, 4) is 0 Å². The highest BCUT2D eigenvalue weighted by Gasteiger charge is 2.19. The average Bonchev–Trinajstić information content (AvgIpc) is 2.27. The van der Waals surface area contributed by atoms with E-state index in [0.29, 0.717) is 12.0 Å². The molecule has 0 bridgehead atoms. The number of hydrogen-bond donors (Lipinski definition) is 1. The van der Waals surface area contributed by atoms with Crippen LogP contribution in [-0.2, 0) is 0 Å². The van der Waals surface area contributed by atoms with Crippen LogP contribution in [0, 0.1) is 19.8 Å². The first kappa shape index (κ1) is 14.2. The van der Waals surface area contributed by atoms with Gasteiger partial charge in [0.05, 0.1) is 0 Å². The summed E-state index contributed by atoms with van der Waals surface area (Å²) < 4.78 is 0. The molecule has 96 valence electrons. The van der Waals surface area contributed by atoms with Gasteiger partial charge in [0.2, 0.25) is 0 Å². The van der Waals surface area contributed by atoms with Crippen molar-refractivity contribution in [3.05, 3.63) is 34.9 Å². The molecule has 0 heterocycles. The molecule has 0 aliphatic carbocycles. The zero-order valence-electron chi connectivity index (χ0n) is 12.0. The van der Waals surface area contributed by atoms with Crippen LogP contribution < -0.4 is 5.32 Å². The van der Waals surface area contributed by atoms with E-state index in [1.807, 2.05) is 0 Å². The molecule has 0 fully saturated rings. The largest absolute Gasteiger partial charge is 0.310 e. The van der Waals surface area contributed by atoms with E-state index in [1.54, 1.807) is 0 Å². The Bertz CT molecular complexity index is 343. The van der Waals surface area contributed by atoms with E-state index in [0.717, 1.165) is 6.54 Å². The van der Waals surface area contributed by atoms with Crippen LogP contribution in [0.4, 0.5) is 0 Å². The van der Waals surface area contributed by atoms with Crippen LogP contribution in [0.3, 0.4) is 0 Å². The lowest BCUT2D eigenvalue weighted by molar-refractivity contribution is 0.368. The first-order valence-electron chi connectivity index (χ1n) is 6.90. The lowest BCUT2D eigenvalue weighted by atomic mass is 9.88. The molecule has 1 rings (SSSR count). The van der Waals surface area contributed by atoms with Crippen molar-refractivity contribution in [2.24, 2.45) is 5.92 Å². The molecule has 1 aromatic carbocycles. The van der Waals surface area contributed by atoms with Crippen LogP contribution in [0.15, 0.2) is 18.2 Å². The minimum atomic E-state index is 0.501. The highest BCUT2D eigenvalue weighted by Crippen LogP contribution is 2.28. The SMILES string of the molecule is CCCC(C)C(NCC)c1ccc(C)cc1C. The Morgan fingerprint density at radius 2 is 1.88 bits per heavy atom. The maximum atomic E-state index is 3.64. The van der Waals surface area contributed by atoms with Gasteiger partial charge in [-0.2, -0.15) is 0 Å². The lowest BCUT2D eigenvalue weighted by Crippen LogP contribution is -2.27. The Morgan fingerprint density at radius 1 is 1.18 bits per heavy atom. The number of aryl methyl sites for hydroxylation is 2. The first-order valence-corrected chi connectivity index (χ1v) is 6.90. The van der Waals surface area contributed by atoms with Gasteiger partial charge in [-0.3, -0.25) is 0 Å². The molecule has 0 aliphatic rings. The van der Waals surface area contributed by atoms with Gasteiger partial charge < -0.3 is 5.32 Å². The lowest BCUT2D eigenvalue weighted by Gasteiger charge is -2.26. The van der Waals surface area contributed by atoms with Gasteiger partial charge in [-0.1, -0.05) is 51.0 Å². The summed E-state index contributed by atoms with van der Waals surface area (Å²) >= 11 is 0. The van der Waals surface area contributed by atoms with E-state index >= 15 is 0 Å². The van der Waals surface area contributed by atoms with Crippen LogP contribution in [0.25, 0.3) is 0 Å². The first-order chi connectivity index (χ1) is 8.10. The molecule has 0 saturated heterocycles. The summed E-state index contributed by atoms with van der Waals surface area (Å²) in [6.07, 6.45) is 2.54. The Hall–Kier alpha value is -0.820. The quantitative estimate of drug-likeness (QED) is 0.768. The van der Waals surface area contributed by atoms with Gasteiger partial charge in [0.15, 0.2) is 0 Å². The summed E-state index contributed by atoms with van der Waals surface area (Å²) in [6.45, 7) is 12.2. The number of rotatable bonds is 6. The Balaban J connectivity index is 2.96. The molecular formula is C16H27N. The van der Waals surface area contributed by atoms with Crippen LogP contribution in [0.2, 0.25) is 0 Å². The van der Waals surface area contributed by atoms with Crippen LogP contribution >= 0.6 is 0 Å². The van der Waals surface area contributed by atoms with E-state index in [4.69, 9.17) is 0 Å². The van der Waals surface area contributed by atoms with Crippen molar-refractivity contribution in [1.82, 2.24) is 5.32 Å². The number of benzene rings is 1. The van der Waals surface area contributed by atoms with Crippen molar-refractivity contribution in [1.29, 1.82) is 0 Å². The molecule has 1 aromatic rings. The van der Waals surface area contributed by atoms with E-state index < -0.39 is 0 Å². The molecule has 1 N–H and O–H groups in total. The molecule has 0 radical (unpaired) electrons. The second-order valence-electron chi connectivity index (χ2n) is 5.16. The Morgan fingerprint density at radius 3 is 2.41 bits per heavy atom. The van der Waals surface area contributed by atoms with Crippen molar-refractivity contribution >= 4 is 0 Å². The highest BCUT2D eigenvalue weighted by atomic mass is 14.9. The van der Waals surface area contributed by atoms with Gasteiger partial charge in [-0.25, -0.2) is 0 Å². The summed E-state index contributed by atoms with van der Waals surface area (Å²) in [6, 6.07) is 7.31. The maximum absolute atomic E-state index is 3.64. The van der Waals surface area contributed by atoms with E-state index in [2.05, 4.69) is 58.1 Å². The van der Waals surface area contributed by atoms with Gasteiger partial charge >= 0.3 is 0 Å². The van der Waals surface area contributed by atoms with Gasteiger partial charge in [0.1, 0.15) is 0 Å². The maximum Gasteiger partial charge on any atom is 0.0348 e. The van der Waals surface area contributed by atoms with Crippen LogP contribution in [0.5, 0.6) is 0 Å². The van der Waals surface area contributed by atoms with Gasteiger partial charge in [-0.05, 0) is 43.9 Å². The summed E-state index contributed by atoms with van der Waals surface area (Å²) in [5.41, 5.74) is 4.24. The predicted molar refractivity (Wildman–Crippen MR) is 76.4 cm³/mol. The topological polar surface area (TPSA) is 12.0 Å². The summed E-state index contributed by atoms with van der Waals surface area (Å²) in [5.74, 6) is 0.696. The predicted octanol–water partition coefficient (Wildman–Crippen LogP) is 4.39. The molecule has 0 spiro atoms. The van der Waals surface area contributed by atoms with Crippen LogP contribution in [0.1, 0.15) is 56.3 Å². The zero-order chi connectivity index (χ0) is 12.8. The molecule has 2 unspecified atom stereocenters. The van der Waals surface area contributed by atoms with Crippen molar-refractivity contribution in [3.63, 3.8) is 0 Å². The Kier molecular flexibility index (Phi) is 5.70. The molecular weight excluding hydrogens is 206 g/mol. The smallest absolute Gasteiger partial charge is 0.0348 e. The second kappa shape index (κ2) is 6.80. The second-order valence-corrected chi connectivity index (χ2v) is 5.16. The van der Waals surface area contributed by atoms with Gasteiger partial charge in [-0.15, -0.1) is 0 Å². The average molecular weight is 233 g/mol. The summed E-state index contributed by atoms with van der Waals surface area (Å²) in [4.78, 5) is 0. The minimum Gasteiger partial charge on any atom is -0.310 e. The van der Waals surface area contributed by atoms with Crippen molar-refractivity contribution < 1.29 is 0 Å². The third kappa shape index (κ3) is 3.85. The molecule has 0 aromatic heterocycles. The number of nitrogens with one attached hydrogen (secondary N) is 1. The fourth-order valence-corrected chi connectivity index (χ4v) is 2.63. The molecule has 1 nitrogen and oxygen atoms in total. The fraction of sp³-hybridized carbons (Fsp3) is 0.625. The molecule has 0 aliphatic heterocycles. The van der Waals surface area contributed by atoms with Crippen molar-refractivity contribution in [2.45, 2.75) is 53.5 Å². The van der Waals surface area contributed by atoms with Gasteiger partial charge in [0, 0.05) is 6.04 Å². The standard InChI is InChI=1S/C16H27N/c1-6-8-13(4)16(17-7-2)15-10-9-12(3)11-14(15)5/h9-11,13,16-17H,6-8H2,1-5H3. The van der Waals surface area contributed by atoms with Crippen molar-refractivity contribution in [2.75, 3.05) is 6.54 Å². The van der Waals surface area contributed by atoms with Gasteiger partial charge in [0.25, 0.3) is 0 Å². The zero-order valence-corrected chi connectivity index (χ0v) is 12.0. The van der Waals surface area contributed by atoms with Crippen LogP contribution in [-0.4, -0.2) is 6.54 Å². The normalized spacial score (nSPS) is 14.6. The minimum absolute atomic E-state index is 0.501. The third-order valence-corrected chi connectivity index (χ3v) is 3.50. The highest BCUT2D eigenvalue weighted by molar-refractivity contribution is 5.33. The fourth-order valence-electron chi connectivity index (χ4n) is 2.63. The van der Waals surface area contributed by atoms with E-state index in [1.165, 1.54) is 29.5 Å². The van der Waals surface area contributed by atoms with E-state index in [9.17, 15) is 0 Å². The molecule has 17 heavy (non-hydrogen) atoms. The molecule has 0 saturated carbocycles. The summed E-state index contributed by atoms with van der Waals surface area (Å²) in [5, 5.41) is 3.64.